The number of benzene rings is 5. The molecule has 1 fully saturated rings. The summed E-state index contributed by atoms with van der Waals surface area (Å²) in [5.74, 6) is -2.00. The Kier molecular flexibility index (Phi) is 18.1. The van der Waals surface area contributed by atoms with E-state index in [4.69, 9.17) is 32.9 Å². The number of carbonyl (C=O) groups is 3. The maximum Gasteiger partial charge on any atom is 0.469 e. The van der Waals surface area contributed by atoms with Crippen LogP contribution in [0.1, 0.15) is 47.1 Å². The zero-order chi connectivity index (χ0) is 44.3. The molecule has 0 spiro atoms. The Labute approximate surface area is 366 Å². The second-order valence-electron chi connectivity index (χ2n) is 14.9. The van der Waals surface area contributed by atoms with Crippen LogP contribution < -0.4 is 5.32 Å². The van der Waals surface area contributed by atoms with Gasteiger partial charge in [0.1, 0.15) is 43.7 Å². The fourth-order valence-corrected chi connectivity index (χ4v) is 7.28. The fourth-order valence-electron chi connectivity index (χ4n) is 6.94. The minimum Gasteiger partial charge on any atom is -0.461 e. The molecule has 0 saturated carbocycles. The van der Waals surface area contributed by atoms with Gasteiger partial charge in [0.15, 0.2) is 0 Å². The standard InChI is InChI=1S/C48H52NO13P/c50-43(49-40(48(52)60-33-39-24-14-5-15-25-39)26-27-44(51)56-29-35-16-6-1-7-17-35)28-41-45(57-30-36-18-8-2-9-19-36)47(59-32-38-22-12-4-13-23-38)46(42(62-41)34-61-63(53,54)55)58-31-37-20-10-3-11-21-37/h1-25,40-42,45-47H,26-34H2,(H,49,50)(H2,53,54,55). The molecule has 1 saturated heterocycles. The van der Waals surface area contributed by atoms with Gasteiger partial charge in [-0.3, -0.25) is 14.1 Å². The Hall–Kier alpha value is -5.54. The quantitative estimate of drug-likeness (QED) is 0.0462. The Morgan fingerprint density at radius 3 is 1.40 bits per heavy atom. The molecule has 1 aliphatic heterocycles. The summed E-state index contributed by atoms with van der Waals surface area (Å²) < 4.78 is 54.3. The van der Waals surface area contributed by atoms with E-state index in [9.17, 15) is 28.7 Å². The van der Waals surface area contributed by atoms with E-state index in [1.165, 1.54) is 0 Å². The van der Waals surface area contributed by atoms with Crippen LogP contribution in [0.15, 0.2) is 152 Å². The highest BCUT2D eigenvalue weighted by Crippen LogP contribution is 2.39. The average Bonchev–Trinajstić information content (AvgIpc) is 3.30. The third kappa shape index (κ3) is 16.0. The van der Waals surface area contributed by atoms with Gasteiger partial charge in [-0.2, -0.15) is 0 Å². The van der Waals surface area contributed by atoms with E-state index < -0.39 is 75.3 Å². The van der Waals surface area contributed by atoms with Crippen molar-refractivity contribution < 1.29 is 61.7 Å². The lowest BCUT2D eigenvalue weighted by Crippen LogP contribution is -2.62. The van der Waals surface area contributed by atoms with Gasteiger partial charge in [-0.25, -0.2) is 9.36 Å². The fraction of sp³-hybridized carbons (Fsp3) is 0.312. The smallest absolute Gasteiger partial charge is 0.461 e. The molecular formula is C48H52NO13P. The number of ether oxygens (including phenoxy) is 6. The first-order valence-electron chi connectivity index (χ1n) is 20.6. The van der Waals surface area contributed by atoms with Gasteiger partial charge in [0.25, 0.3) is 0 Å². The number of hydrogen-bond acceptors (Lipinski definition) is 11. The average molecular weight is 882 g/mol. The van der Waals surface area contributed by atoms with Crippen LogP contribution in [0.5, 0.6) is 0 Å². The first-order valence-corrected chi connectivity index (χ1v) is 22.1. The monoisotopic (exact) mass is 881 g/mol. The summed E-state index contributed by atoms with van der Waals surface area (Å²) in [7, 11) is -5.01. The molecular weight excluding hydrogens is 829 g/mol. The van der Waals surface area contributed by atoms with Crippen LogP contribution >= 0.6 is 7.82 Å². The van der Waals surface area contributed by atoms with Crippen molar-refractivity contribution >= 4 is 25.7 Å². The lowest BCUT2D eigenvalue weighted by atomic mass is 9.92. The Morgan fingerprint density at radius 1 is 0.556 bits per heavy atom. The highest BCUT2D eigenvalue weighted by molar-refractivity contribution is 7.46. The molecule has 0 aromatic heterocycles. The number of carbonyl (C=O) groups excluding carboxylic acids is 3. The predicted octanol–water partition coefficient (Wildman–Crippen LogP) is 6.76. The van der Waals surface area contributed by atoms with Crippen LogP contribution in [0.2, 0.25) is 0 Å². The van der Waals surface area contributed by atoms with E-state index in [2.05, 4.69) is 5.32 Å². The third-order valence-corrected chi connectivity index (χ3v) is 10.6. The van der Waals surface area contributed by atoms with Crippen LogP contribution in [0.4, 0.5) is 0 Å². The molecule has 0 bridgehead atoms. The molecule has 15 heteroatoms. The minimum absolute atomic E-state index is 0.0367. The van der Waals surface area contributed by atoms with Crippen molar-refractivity contribution in [2.75, 3.05) is 6.61 Å². The van der Waals surface area contributed by atoms with Crippen LogP contribution in [0, 0.1) is 0 Å². The number of phosphoric ester groups is 1. The van der Waals surface area contributed by atoms with Crippen molar-refractivity contribution in [2.45, 2.75) is 88.9 Å². The van der Waals surface area contributed by atoms with Crippen LogP contribution in [-0.2, 0) is 84.9 Å². The topological polar surface area (TPSA) is 185 Å². The number of esters is 2. The van der Waals surface area contributed by atoms with Gasteiger partial charge in [0.2, 0.25) is 5.91 Å². The Bertz CT molecular complexity index is 2180. The highest BCUT2D eigenvalue weighted by atomic mass is 31.2. The molecule has 6 rings (SSSR count). The molecule has 0 radical (unpaired) electrons. The van der Waals surface area contributed by atoms with Gasteiger partial charge in [0.05, 0.1) is 39.0 Å². The molecule has 1 aliphatic rings. The van der Waals surface area contributed by atoms with Crippen LogP contribution in [0.25, 0.3) is 0 Å². The van der Waals surface area contributed by atoms with E-state index in [0.717, 1.165) is 27.8 Å². The molecule has 3 N–H and O–H groups in total. The molecule has 5 aromatic rings. The zero-order valence-corrected chi connectivity index (χ0v) is 35.5. The number of nitrogens with one attached hydrogen (secondary N) is 1. The van der Waals surface area contributed by atoms with Crippen LogP contribution in [0.3, 0.4) is 0 Å². The second-order valence-corrected chi connectivity index (χ2v) is 16.1. The first-order chi connectivity index (χ1) is 30.6. The summed E-state index contributed by atoms with van der Waals surface area (Å²) in [5.41, 5.74) is 3.96. The largest absolute Gasteiger partial charge is 0.469 e. The first kappa shape index (κ1) is 47.0. The number of rotatable bonds is 23. The van der Waals surface area contributed by atoms with E-state index in [-0.39, 0.29) is 45.9 Å². The highest BCUT2D eigenvalue weighted by Gasteiger charge is 2.49. The molecule has 5 aromatic carbocycles. The Morgan fingerprint density at radius 2 is 0.952 bits per heavy atom. The van der Waals surface area contributed by atoms with E-state index in [0.29, 0.717) is 0 Å². The summed E-state index contributed by atoms with van der Waals surface area (Å²) in [6.07, 6.45) is -6.09. The van der Waals surface area contributed by atoms with Crippen molar-refractivity contribution in [2.24, 2.45) is 0 Å². The van der Waals surface area contributed by atoms with E-state index >= 15 is 0 Å². The van der Waals surface area contributed by atoms with Crippen molar-refractivity contribution in [3.63, 3.8) is 0 Å². The van der Waals surface area contributed by atoms with Gasteiger partial charge in [-0.15, -0.1) is 0 Å². The van der Waals surface area contributed by atoms with Crippen LogP contribution in [-0.4, -0.2) is 70.8 Å². The summed E-state index contributed by atoms with van der Waals surface area (Å²) in [4.78, 5) is 60.2. The summed E-state index contributed by atoms with van der Waals surface area (Å²) in [6, 6.07) is 44.9. The van der Waals surface area contributed by atoms with Crippen molar-refractivity contribution in [1.82, 2.24) is 5.32 Å². The van der Waals surface area contributed by atoms with Gasteiger partial charge < -0.3 is 43.5 Å². The molecule has 332 valence electrons. The molecule has 63 heavy (non-hydrogen) atoms. The molecule has 1 amide bonds. The minimum atomic E-state index is -5.01. The number of phosphoric acid groups is 1. The molecule has 6 atom stereocenters. The molecule has 1 heterocycles. The summed E-state index contributed by atoms with van der Waals surface area (Å²) in [6.45, 7) is -0.427. The van der Waals surface area contributed by atoms with Gasteiger partial charge in [-0.1, -0.05) is 152 Å². The SMILES string of the molecule is O=C(CC1OC(COP(=O)(O)O)C(OCc2ccccc2)C(OCc2ccccc2)C1OCc1ccccc1)NC(CCC(=O)OCc1ccccc1)C(=O)OCc1ccccc1. The van der Waals surface area contributed by atoms with E-state index in [1.807, 2.05) is 127 Å². The third-order valence-electron chi connectivity index (χ3n) is 10.1. The van der Waals surface area contributed by atoms with Gasteiger partial charge in [0, 0.05) is 6.42 Å². The van der Waals surface area contributed by atoms with E-state index in [1.54, 1.807) is 24.3 Å². The Balaban J connectivity index is 1.26. The number of amides is 1. The molecule has 0 aliphatic carbocycles. The maximum absolute atomic E-state index is 14.2. The second kappa shape index (κ2) is 24.3. The predicted molar refractivity (Wildman–Crippen MR) is 230 cm³/mol. The van der Waals surface area contributed by atoms with Crippen molar-refractivity contribution in [1.29, 1.82) is 0 Å². The summed E-state index contributed by atoms with van der Waals surface area (Å²) in [5, 5.41) is 2.74. The number of hydrogen-bond donors (Lipinski definition) is 3. The lowest BCUT2D eigenvalue weighted by molar-refractivity contribution is -0.269. The van der Waals surface area contributed by atoms with Gasteiger partial charge >= 0.3 is 19.8 Å². The van der Waals surface area contributed by atoms with Crippen molar-refractivity contribution in [3.8, 4) is 0 Å². The normalized spacial score (nSPS) is 19.1. The lowest BCUT2D eigenvalue weighted by Gasteiger charge is -2.46. The van der Waals surface area contributed by atoms with Crippen molar-refractivity contribution in [3.05, 3.63) is 179 Å². The zero-order valence-electron chi connectivity index (χ0n) is 34.6. The maximum atomic E-state index is 14.2. The molecule has 6 unspecified atom stereocenters. The summed E-state index contributed by atoms with van der Waals surface area (Å²) >= 11 is 0. The molecule has 14 nitrogen and oxygen atoms in total. The van der Waals surface area contributed by atoms with Gasteiger partial charge in [-0.05, 0) is 34.2 Å².